The van der Waals surface area contributed by atoms with E-state index < -0.39 is 6.04 Å². The summed E-state index contributed by atoms with van der Waals surface area (Å²) < 4.78 is 0. The highest BCUT2D eigenvalue weighted by molar-refractivity contribution is 5.90. The van der Waals surface area contributed by atoms with Crippen LogP contribution in [0.2, 0.25) is 0 Å². The molecule has 0 aliphatic rings. The highest BCUT2D eigenvalue weighted by atomic mass is 16.2. The molecule has 0 bridgehead atoms. The minimum absolute atomic E-state index is 0.0361. The maximum Gasteiger partial charge on any atom is 0.246 e. The quantitative estimate of drug-likeness (QED) is 0.709. The van der Waals surface area contributed by atoms with Gasteiger partial charge in [-0.3, -0.25) is 9.59 Å². The minimum Gasteiger partial charge on any atom is -0.376 e. The Balaban J connectivity index is 2.00. The lowest BCUT2D eigenvalue weighted by Crippen LogP contribution is -2.41. The molecule has 2 rings (SSSR count). The van der Waals surface area contributed by atoms with Gasteiger partial charge in [-0.05, 0) is 23.8 Å². The number of rotatable bonds is 6. The summed E-state index contributed by atoms with van der Waals surface area (Å²) in [6.07, 6.45) is 5.35. The van der Waals surface area contributed by atoms with Gasteiger partial charge in [-0.15, -0.1) is 6.42 Å². The van der Waals surface area contributed by atoms with Gasteiger partial charge in [0.15, 0.2) is 0 Å². The maximum absolute atomic E-state index is 12.2. The molecule has 1 unspecified atom stereocenters. The molecule has 0 aromatic heterocycles. The number of carbonyl (C=O) groups is 2. The van der Waals surface area contributed by atoms with Crippen molar-refractivity contribution in [1.29, 1.82) is 0 Å². The normalized spacial score (nSPS) is 11.0. The zero-order valence-electron chi connectivity index (χ0n) is 13.4. The van der Waals surface area contributed by atoms with Crippen molar-refractivity contribution in [3.8, 4) is 12.3 Å². The van der Waals surface area contributed by atoms with E-state index in [1.54, 1.807) is 18.2 Å². The molecule has 0 radical (unpaired) electrons. The summed E-state index contributed by atoms with van der Waals surface area (Å²) in [5, 5.41) is 8.28. The molecular formula is C19H19N3O2. The van der Waals surface area contributed by atoms with Gasteiger partial charge in [0.05, 0.1) is 6.54 Å². The first kappa shape index (κ1) is 17.1. The maximum atomic E-state index is 12.2. The summed E-state index contributed by atoms with van der Waals surface area (Å²) in [7, 11) is 1.54. The molecule has 0 saturated heterocycles. The number of likely N-dealkylation sites (N-methyl/N-ethyl adjacent to an activating group) is 1. The van der Waals surface area contributed by atoms with Gasteiger partial charge in [-0.1, -0.05) is 42.3 Å². The molecule has 2 amide bonds. The topological polar surface area (TPSA) is 70.2 Å². The van der Waals surface area contributed by atoms with Crippen LogP contribution in [0.3, 0.4) is 0 Å². The number of anilines is 1. The van der Waals surface area contributed by atoms with Crippen LogP contribution in [0.15, 0.2) is 54.6 Å². The van der Waals surface area contributed by atoms with Crippen molar-refractivity contribution in [1.82, 2.24) is 10.6 Å². The number of terminal acetylenes is 1. The fraction of sp³-hybridized carbons (Fsp3) is 0.158. The van der Waals surface area contributed by atoms with Crippen molar-refractivity contribution in [3.05, 3.63) is 65.7 Å². The average Bonchev–Trinajstić information content (AvgIpc) is 2.64. The summed E-state index contributed by atoms with van der Waals surface area (Å²) in [4.78, 5) is 24.2. The van der Waals surface area contributed by atoms with E-state index in [1.165, 1.54) is 7.05 Å². The molecule has 0 fully saturated rings. The van der Waals surface area contributed by atoms with E-state index in [1.807, 2.05) is 36.4 Å². The molecule has 122 valence electrons. The second-order valence-electron chi connectivity index (χ2n) is 5.10. The monoisotopic (exact) mass is 321 g/mol. The molecule has 0 aliphatic heterocycles. The van der Waals surface area contributed by atoms with E-state index in [-0.39, 0.29) is 18.4 Å². The highest BCUT2D eigenvalue weighted by Gasteiger charge is 2.21. The van der Waals surface area contributed by atoms with E-state index in [4.69, 9.17) is 6.42 Å². The van der Waals surface area contributed by atoms with Crippen LogP contribution in [0, 0.1) is 12.3 Å². The lowest BCUT2D eigenvalue weighted by molar-refractivity contribution is -0.128. The van der Waals surface area contributed by atoms with Gasteiger partial charge in [0, 0.05) is 18.3 Å². The van der Waals surface area contributed by atoms with Gasteiger partial charge in [0.2, 0.25) is 11.8 Å². The summed E-state index contributed by atoms with van der Waals surface area (Å²) >= 11 is 0. The predicted octanol–water partition coefficient (Wildman–Crippen LogP) is 1.68. The number of hydrogen-bond donors (Lipinski definition) is 3. The zero-order valence-corrected chi connectivity index (χ0v) is 13.4. The van der Waals surface area contributed by atoms with E-state index in [0.717, 1.165) is 16.8 Å². The molecule has 0 heterocycles. The Labute approximate surface area is 141 Å². The molecule has 5 heteroatoms. The van der Waals surface area contributed by atoms with Crippen LogP contribution in [-0.2, 0) is 9.59 Å². The summed E-state index contributed by atoms with van der Waals surface area (Å²) in [6, 6.07) is 15.6. The predicted molar refractivity (Wildman–Crippen MR) is 94.3 cm³/mol. The number of hydrogen-bond acceptors (Lipinski definition) is 3. The molecule has 0 saturated carbocycles. The van der Waals surface area contributed by atoms with Crippen LogP contribution >= 0.6 is 0 Å². The SMILES string of the molecule is C#Cc1cccc(NCC(=O)NC(C(=O)NC)c2ccccc2)c1. The second kappa shape index (κ2) is 8.39. The minimum atomic E-state index is -0.734. The van der Waals surface area contributed by atoms with Crippen LogP contribution in [0.4, 0.5) is 5.69 Å². The number of nitrogens with one attached hydrogen (secondary N) is 3. The van der Waals surface area contributed by atoms with Crippen LogP contribution in [-0.4, -0.2) is 25.4 Å². The van der Waals surface area contributed by atoms with E-state index in [9.17, 15) is 9.59 Å². The van der Waals surface area contributed by atoms with Crippen LogP contribution in [0.1, 0.15) is 17.2 Å². The molecule has 2 aromatic rings. The van der Waals surface area contributed by atoms with Crippen LogP contribution < -0.4 is 16.0 Å². The average molecular weight is 321 g/mol. The first-order chi connectivity index (χ1) is 11.6. The third kappa shape index (κ3) is 4.62. The van der Waals surface area contributed by atoms with Crippen molar-refractivity contribution in [3.63, 3.8) is 0 Å². The number of amides is 2. The molecule has 1 atom stereocenters. The van der Waals surface area contributed by atoms with Crippen molar-refractivity contribution in [2.24, 2.45) is 0 Å². The van der Waals surface area contributed by atoms with Gasteiger partial charge >= 0.3 is 0 Å². The number of benzene rings is 2. The standard InChI is InChI=1S/C19H19N3O2/c1-3-14-8-7-11-16(12-14)21-13-17(23)22-18(19(24)20-2)15-9-5-4-6-10-15/h1,4-12,18,21H,13H2,2H3,(H,20,24)(H,22,23). The molecule has 0 spiro atoms. The fourth-order valence-electron chi connectivity index (χ4n) is 2.20. The molecular weight excluding hydrogens is 302 g/mol. The van der Waals surface area contributed by atoms with Crippen molar-refractivity contribution < 1.29 is 9.59 Å². The van der Waals surface area contributed by atoms with E-state index in [2.05, 4.69) is 21.9 Å². The Bertz CT molecular complexity index is 751. The summed E-state index contributed by atoms with van der Waals surface area (Å²) in [6.45, 7) is 0.0361. The largest absolute Gasteiger partial charge is 0.376 e. The third-order valence-electron chi connectivity index (χ3n) is 3.43. The lowest BCUT2D eigenvalue weighted by atomic mass is 10.1. The van der Waals surface area contributed by atoms with Crippen LogP contribution in [0.25, 0.3) is 0 Å². The third-order valence-corrected chi connectivity index (χ3v) is 3.43. The first-order valence-electron chi connectivity index (χ1n) is 7.50. The molecule has 0 aliphatic carbocycles. The molecule has 2 aromatic carbocycles. The van der Waals surface area contributed by atoms with E-state index in [0.29, 0.717) is 0 Å². The van der Waals surface area contributed by atoms with Crippen molar-refractivity contribution in [2.45, 2.75) is 6.04 Å². The Morgan fingerprint density at radius 2 is 1.88 bits per heavy atom. The van der Waals surface area contributed by atoms with Gasteiger partial charge in [0.1, 0.15) is 6.04 Å². The summed E-state index contributed by atoms with van der Waals surface area (Å²) in [5.74, 6) is 1.97. The Morgan fingerprint density at radius 3 is 2.54 bits per heavy atom. The van der Waals surface area contributed by atoms with Crippen molar-refractivity contribution >= 4 is 17.5 Å². The molecule has 5 nitrogen and oxygen atoms in total. The highest BCUT2D eigenvalue weighted by Crippen LogP contribution is 2.13. The lowest BCUT2D eigenvalue weighted by Gasteiger charge is -2.18. The van der Waals surface area contributed by atoms with Crippen LogP contribution in [0.5, 0.6) is 0 Å². The first-order valence-corrected chi connectivity index (χ1v) is 7.50. The Morgan fingerprint density at radius 1 is 1.12 bits per heavy atom. The smallest absolute Gasteiger partial charge is 0.246 e. The van der Waals surface area contributed by atoms with Gasteiger partial charge < -0.3 is 16.0 Å². The van der Waals surface area contributed by atoms with E-state index >= 15 is 0 Å². The fourth-order valence-corrected chi connectivity index (χ4v) is 2.20. The Kier molecular flexibility index (Phi) is 5.98. The Hall–Kier alpha value is -3.26. The second-order valence-corrected chi connectivity index (χ2v) is 5.10. The van der Waals surface area contributed by atoms with Gasteiger partial charge in [0.25, 0.3) is 0 Å². The summed E-state index contributed by atoms with van der Waals surface area (Å²) in [5.41, 5.74) is 2.20. The van der Waals surface area contributed by atoms with Gasteiger partial charge in [-0.25, -0.2) is 0 Å². The number of carbonyl (C=O) groups excluding carboxylic acids is 2. The molecule has 24 heavy (non-hydrogen) atoms. The van der Waals surface area contributed by atoms with Crippen molar-refractivity contribution in [2.75, 3.05) is 18.9 Å². The zero-order chi connectivity index (χ0) is 17.4. The van der Waals surface area contributed by atoms with Gasteiger partial charge in [-0.2, -0.15) is 0 Å². The molecule has 3 N–H and O–H groups in total.